The van der Waals surface area contributed by atoms with E-state index in [1.54, 1.807) is 50.4 Å². The maximum atomic E-state index is 13.6. The maximum absolute atomic E-state index is 13.6. The van der Waals surface area contributed by atoms with Crippen LogP contribution in [-0.4, -0.2) is 44.0 Å². The number of carbonyl (C=O) groups excluding carboxylic acids is 2. The number of ether oxygens (including phenoxy) is 1. The number of likely N-dealkylation sites (N-methyl/N-ethyl adjacent to an activating group) is 1. The van der Waals surface area contributed by atoms with Crippen LogP contribution in [0.4, 0.5) is 5.69 Å². The first-order valence-electron chi connectivity index (χ1n) is 10.00. The van der Waals surface area contributed by atoms with Crippen LogP contribution >= 0.6 is 11.6 Å². The molecule has 1 heterocycles. The van der Waals surface area contributed by atoms with Crippen LogP contribution in [0.25, 0.3) is 0 Å². The molecule has 2 amide bonds. The number of nitrogens with one attached hydrogen (secondary N) is 2. The Balaban J connectivity index is 2.28. The Kier molecular flexibility index (Phi) is 6.38. The average Bonchev–Trinajstić information content (AvgIpc) is 3.02. The number of benzene rings is 2. The van der Waals surface area contributed by atoms with Crippen molar-refractivity contribution in [1.82, 2.24) is 10.2 Å². The summed E-state index contributed by atoms with van der Waals surface area (Å²) >= 11 is 6.33. The van der Waals surface area contributed by atoms with E-state index in [0.29, 0.717) is 27.6 Å². The molecule has 0 aromatic heterocycles. The molecule has 0 fully saturated rings. The normalized spacial score (nSPS) is 19.6. The van der Waals surface area contributed by atoms with Gasteiger partial charge in [-0.2, -0.15) is 0 Å². The second-order valence-corrected chi connectivity index (χ2v) is 8.27. The topological polar surface area (TPSA) is 70.7 Å². The van der Waals surface area contributed by atoms with Crippen LogP contribution in [0, 0.1) is 5.92 Å². The van der Waals surface area contributed by atoms with Crippen LogP contribution in [-0.2, 0) is 15.1 Å². The Labute approximate surface area is 182 Å². The molecule has 3 atom stereocenters. The number of halogens is 1. The highest BCUT2D eigenvalue weighted by atomic mass is 35.5. The predicted molar refractivity (Wildman–Crippen MR) is 119 cm³/mol. The van der Waals surface area contributed by atoms with Crippen molar-refractivity contribution in [2.24, 2.45) is 5.92 Å². The van der Waals surface area contributed by atoms with Crippen LogP contribution in [0.2, 0.25) is 5.02 Å². The van der Waals surface area contributed by atoms with Gasteiger partial charge < -0.3 is 15.0 Å². The number of hydrogen-bond donors (Lipinski definition) is 2. The zero-order valence-corrected chi connectivity index (χ0v) is 18.7. The summed E-state index contributed by atoms with van der Waals surface area (Å²) in [5.74, 6) is 0.168. The number of hydrogen-bond acceptors (Lipinski definition) is 4. The van der Waals surface area contributed by atoms with Crippen molar-refractivity contribution < 1.29 is 14.3 Å². The van der Waals surface area contributed by atoms with E-state index in [4.69, 9.17) is 16.3 Å². The Hall–Kier alpha value is -2.57. The molecule has 160 valence electrons. The lowest BCUT2D eigenvalue weighted by molar-refractivity contribution is -0.133. The van der Waals surface area contributed by atoms with Gasteiger partial charge in [-0.25, -0.2) is 0 Å². The van der Waals surface area contributed by atoms with Gasteiger partial charge in [0.25, 0.3) is 5.91 Å². The summed E-state index contributed by atoms with van der Waals surface area (Å²) in [7, 11) is 5.00. The number of rotatable bonds is 7. The van der Waals surface area contributed by atoms with Crippen LogP contribution < -0.4 is 15.4 Å². The summed E-state index contributed by atoms with van der Waals surface area (Å²) in [6.07, 6.45) is 0.767. The van der Waals surface area contributed by atoms with Crippen molar-refractivity contribution in [3.8, 4) is 5.75 Å². The molecule has 0 bridgehead atoms. The van der Waals surface area contributed by atoms with E-state index in [0.717, 1.165) is 6.42 Å². The molecule has 2 N–H and O–H groups in total. The molecular formula is C23H28ClN3O3. The molecule has 0 radical (unpaired) electrons. The van der Waals surface area contributed by atoms with Crippen LogP contribution in [0.15, 0.2) is 42.5 Å². The third-order valence-corrected chi connectivity index (χ3v) is 6.01. The fraction of sp³-hybridized carbons (Fsp3) is 0.391. The highest BCUT2D eigenvalue weighted by Gasteiger charge is 2.52. The molecule has 1 unspecified atom stereocenters. The molecule has 0 saturated heterocycles. The van der Waals surface area contributed by atoms with Gasteiger partial charge in [0.15, 0.2) is 5.54 Å². The summed E-state index contributed by atoms with van der Waals surface area (Å²) in [5.41, 5.74) is 0.630. The molecule has 1 aliphatic heterocycles. The molecule has 1 aliphatic rings. The van der Waals surface area contributed by atoms with Crippen molar-refractivity contribution in [1.29, 1.82) is 0 Å². The average molecular weight is 430 g/mol. The van der Waals surface area contributed by atoms with Crippen LogP contribution in [0.1, 0.15) is 31.4 Å². The van der Waals surface area contributed by atoms with Gasteiger partial charge in [-0.3, -0.25) is 14.9 Å². The highest BCUT2D eigenvalue weighted by Crippen LogP contribution is 2.45. The molecule has 0 spiro atoms. The van der Waals surface area contributed by atoms with Crippen molar-refractivity contribution in [2.75, 3.05) is 26.5 Å². The first-order chi connectivity index (χ1) is 14.3. The fourth-order valence-corrected chi connectivity index (χ4v) is 4.08. The van der Waals surface area contributed by atoms with Gasteiger partial charge in [-0.15, -0.1) is 0 Å². The largest absolute Gasteiger partial charge is 0.496 e. The second-order valence-electron chi connectivity index (χ2n) is 7.83. The predicted octanol–water partition coefficient (Wildman–Crippen LogP) is 3.64. The monoisotopic (exact) mass is 429 g/mol. The third kappa shape index (κ3) is 3.66. The molecule has 0 aliphatic carbocycles. The first kappa shape index (κ1) is 22.1. The van der Waals surface area contributed by atoms with Crippen molar-refractivity contribution in [2.45, 2.75) is 31.8 Å². The number of methoxy groups -OCH3 is 1. The summed E-state index contributed by atoms with van der Waals surface area (Å²) in [5, 5.41) is 6.90. The quantitative estimate of drug-likeness (QED) is 0.705. The van der Waals surface area contributed by atoms with E-state index in [1.165, 1.54) is 0 Å². The Morgan fingerprint density at radius 2 is 1.93 bits per heavy atom. The zero-order valence-electron chi connectivity index (χ0n) is 18.0. The van der Waals surface area contributed by atoms with Crippen LogP contribution in [0.3, 0.4) is 0 Å². The Morgan fingerprint density at radius 3 is 2.57 bits per heavy atom. The van der Waals surface area contributed by atoms with Crippen LogP contribution in [0.5, 0.6) is 5.75 Å². The third-order valence-electron chi connectivity index (χ3n) is 5.78. The molecule has 2 aromatic carbocycles. The lowest BCUT2D eigenvalue weighted by Gasteiger charge is -2.37. The van der Waals surface area contributed by atoms with E-state index < -0.39 is 11.6 Å². The lowest BCUT2D eigenvalue weighted by Crippen LogP contribution is -2.59. The van der Waals surface area contributed by atoms with E-state index in [-0.39, 0.29) is 17.7 Å². The summed E-state index contributed by atoms with van der Waals surface area (Å²) in [4.78, 5) is 28.2. The molecule has 0 saturated carbocycles. The zero-order chi connectivity index (χ0) is 22.1. The summed E-state index contributed by atoms with van der Waals surface area (Å²) < 4.78 is 5.60. The first-order valence-corrected chi connectivity index (χ1v) is 10.4. The molecular weight excluding hydrogens is 402 g/mol. The minimum Gasteiger partial charge on any atom is -0.496 e. The van der Waals surface area contributed by atoms with E-state index in [1.807, 2.05) is 32.0 Å². The molecule has 30 heavy (non-hydrogen) atoms. The van der Waals surface area contributed by atoms with E-state index in [2.05, 4.69) is 10.6 Å². The highest BCUT2D eigenvalue weighted by molar-refractivity contribution is 6.31. The van der Waals surface area contributed by atoms with Gasteiger partial charge in [0, 0.05) is 35.9 Å². The standard InChI is InChI=1S/C23H28ClN3O3/c1-6-14(2)20(21(28)27(3)4)26-23(16-9-7-8-10-19(16)30-5)17-13-15(24)11-12-18(17)25-22(23)29/h7-14,20,26H,6H2,1-5H3,(H,25,29)/t14-,20-,23?/m0/s1. The van der Waals surface area contributed by atoms with Crippen molar-refractivity contribution in [3.05, 3.63) is 58.6 Å². The Bertz CT molecular complexity index is 962. The minimum absolute atomic E-state index is 0.0116. The van der Waals surface area contributed by atoms with Gasteiger partial charge in [0.2, 0.25) is 5.91 Å². The smallest absolute Gasteiger partial charge is 0.254 e. The lowest BCUT2D eigenvalue weighted by atomic mass is 9.81. The maximum Gasteiger partial charge on any atom is 0.254 e. The van der Waals surface area contributed by atoms with E-state index in [9.17, 15) is 9.59 Å². The minimum atomic E-state index is -1.33. The van der Waals surface area contributed by atoms with Gasteiger partial charge in [-0.05, 0) is 30.2 Å². The number of anilines is 1. The van der Waals surface area contributed by atoms with Crippen molar-refractivity contribution >= 4 is 29.1 Å². The number of nitrogens with zero attached hydrogens (tertiary/aromatic N) is 1. The molecule has 2 aromatic rings. The van der Waals surface area contributed by atoms with Crippen molar-refractivity contribution in [3.63, 3.8) is 0 Å². The fourth-order valence-electron chi connectivity index (χ4n) is 3.91. The van der Waals surface area contributed by atoms with Gasteiger partial charge >= 0.3 is 0 Å². The summed E-state index contributed by atoms with van der Waals surface area (Å²) in [6.45, 7) is 4.03. The summed E-state index contributed by atoms with van der Waals surface area (Å²) in [6, 6.07) is 12.0. The molecule has 3 rings (SSSR count). The molecule has 6 nitrogen and oxygen atoms in total. The van der Waals surface area contributed by atoms with E-state index >= 15 is 0 Å². The Morgan fingerprint density at radius 1 is 1.23 bits per heavy atom. The SMILES string of the molecule is CC[C@H](C)[C@H](NC1(c2ccccc2OC)C(=O)Nc2ccc(Cl)cc21)C(=O)N(C)C. The number of fused-ring (bicyclic) bond motifs is 1. The molecule has 7 heteroatoms. The van der Waals surface area contributed by atoms with Gasteiger partial charge in [-0.1, -0.05) is 50.1 Å². The number of carbonyl (C=O) groups is 2. The second kappa shape index (κ2) is 8.66. The van der Waals surface area contributed by atoms with Gasteiger partial charge in [0.1, 0.15) is 5.75 Å². The van der Waals surface area contributed by atoms with Gasteiger partial charge in [0.05, 0.1) is 13.2 Å². The number of amides is 2. The number of para-hydroxylation sites is 1.